The molecule has 1 aromatic heterocycles. The summed E-state index contributed by atoms with van der Waals surface area (Å²) in [6, 6.07) is 0. The smallest absolute Gasteiger partial charge is 0.213 e. The molecule has 1 unspecified atom stereocenters. The summed E-state index contributed by atoms with van der Waals surface area (Å²) in [7, 11) is 0. The molecule has 2 heterocycles. The lowest BCUT2D eigenvalue weighted by Gasteiger charge is -2.15. The maximum Gasteiger partial charge on any atom is 0.213 e. The van der Waals surface area contributed by atoms with E-state index in [1.807, 2.05) is 0 Å². The Morgan fingerprint density at radius 3 is 3.29 bits per heavy atom. The molecule has 96 valence electrons. The molecule has 0 amide bonds. The van der Waals surface area contributed by atoms with Gasteiger partial charge in [-0.2, -0.15) is 4.98 Å². The van der Waals surface area contributed by atoms with Crippen LogP contribution in [0.15, 0.2) is 10.9 Å². The first-order valence-electron chi connectivity index (χ1n) is 6.56. The van der Waals surface area contributed by atoms with Crippen LogP contribution in [-0.2, 0) is 6.42 Å². The third-order valence-corrected chi connectivity index (χ3v) is 3.29. The molecule has 5 heteroatoms. The highest BCUT2D eigenvalue weighted by molar-refractivity contribution is 4.83. The molecule has 0 bridgehead atoms. The van der Waals surface area contributed by atoms with Crippen molar-refractivity contribution < 1.29 is 4.52 Å². The Bertz CT molecular complexity index is 301. The largest absolute Gasteiger partial charge is 0.343 e. The van der Waals surface area contributed by atoms with E-state index in [0.29, 0.717) is 0 Å². The van der Waals surface area contributed by atoms with Gasteiger partial charge in [0.2, 0.25) is 6.39 Å². The van der Waals surface area contributed by atoms with Gasteiger partial charge in [0.25, 0.3) is 0 Å². The van der Waals surface area contributed by atoms with Gasteiger partial charge in [-0.1, -0.05) is 12.1 Å². The fourth-order valence-electron chi connectivity index (χ4n) is 2.33. The summed E-state index contributed by atoms with van der Waals surface area (Å²) in [6.07, 6.45) is 4.82. The molecule has 0 aliphatic carbocycles. The monoisotopic (exact) mass is 238 g/mol. The highest BCUT2D eigenvalue weighted by atomic mass is 16.5. The third kappa shape index (κ3) is 4.09. The predicted octanol–water partition coefficient (Wildman–Crippen LogP) is 0.934. The minimum Gasteiger partial charge on any atom is -0.343 e. The molecule has 0 radical (unpaired) electrons. The van der Waals surface area contributed by atoms with Crippen LogP contribution in [0.2, 0.25) is 0 Å². The minimum absolute atomic E-state index is 0.812. The summed E-state index contributed by atoms with van der Waals surface area (Å²) in [6.45, 7) is 7.96. The molecule has 1 N–H and O–H groups in total. The van der Waals surface area contributed by atoms with Crippen molar-refractivity contribution in [2.45, 2.75) is 26.2 Å². The Kier molecular flexibility index (Phi) is 4.94. The van der Waals surface area contributed by atoms with Crippen molar-refractivity contribution >= 4 is 0 Å². The maximum absolute atomic E-state index is 4.73. The van der Waals surface area contributed by atoms with E-state index < -0.39 is 0 Å². The number of nitrogens with zero attached hydrogens (tertiary/aromatic N) is 3. The van der Waals surface area contributed by atoms with E-state index in [9.17, 15) is 0 Å². The average molecular weight is 238 g/mol. The van der Waals surface area contributed by atoms with Gasteiger partial charge in [-0.15, -0.1) is 0 Å². The molecule has 1 saturated heterocycles. The highest BCUT2D eigenvalue weighted by Crippen LogP contribution is 2.15. The number of hydrogen-bond acceptors (Lipinski definition) is 5. The van der Waals surface area contributed by atoms with E-state index in [-0.39, 0.29) is 0 Å². The maximum atomic E-state index is 4.73. The van der Waals surface area contributed by atoms with Crippen molar-refractivity contribution in [1.82, 2.24) is 20.4 Å². The van der Waals surface area contributed by atoms with Gasteiger partial charge in [0.15, 0.2) is 5.82 Å². The third-order valence-electron chi connectivity index (χ3n) is 3.29. The first-order chi connectivity index (χ1) is 8.38. The van der Waals surface area contributed by atoms with E-state index in [2.05, 4.69) is 27.3 Å². The summed E-state index contributed by atoms with van der Waals surface area (Å²) < 4.78 is 4.73. The normalized spacial score (nSPS) is 21.1. The fourth-order valence-corrected chi connectivity index (χ4v) is 2.33. The lowest BCUT2D eigenvalue weighted by molar-refractivity contribution is 0.320. The molecule has 0 saturated carbocycles. The molecule has 1 aliphatic rings. The first kappa shape index (κ1) is 12.5. The number of aromatic nitrogens is 2. The molecule has 17 heavy (non-hydrogen) atoms. The topological polar surface area (TPSA) is 54.2 Å². The summed E-state index contributed by atoms with van der Waals surface area (Å²) >= 11 is 0. The van der Waals surface area contributed by atoms with Gasteiger partial charge >= 0.3 is 0 Å². The van der Waals surface area contributed by atoms with Crippen molar-refractivity contribution in [1.29, 1.82) is 0 Å². The summed E-state index contributed by atoms with van der Waals surface area (Å²) in [5.74, 6) is 1.63. The molecule has 1 aliphatic heterocycles. The second-order valence-corrected chi connectivity index (χ2v) is 4.76. The van der Waals surface area contributed by atoms with E-state index in [4.69, 9.17) is 4.52 Å². The van der Waals surface area contributed by atoms with Crippen LogP contribution in [0.5, 0.6) is 0 Å². The SMILES string of the molecule is CCCNCC1CCN(CCc2ncon2)C1. The number of rotatable bonds is 7. The Morgan fingerprint density at radius 2 is 2.53 bits per heavy atom. The number of likely N-dealkylation sites (tertiary alicyclic amines) is 1. The van der Waals surface area contributed by atoms with Crippen LogP contribution in [0, 0.1) is 5.92 Å². The van der Waals surface area contributed by atoms with Gasteiger partial charge in [0.1, 0.15) is 0 Å². The fraction of sp³-hybridized carbons (Fsp3) is 0.833. The van der Waals surface area contributed by atoms with E-state index in [1.165, 1.54) is 32.3 Å². The zero-order valence-electron chi connectivity index (χ0n) is 10.6. The molecular weight excluding hydrogens is 216 g/mol. The molecule has 0 spiro atoms. The van der Waals surface area contributed by atoms with Crippen LogP contribution >= 0.6 is 0 Å². The quantitative estimate of drug-likeness (QED) is 0.716. The first-order valence-corrected chi connectivity index (χ1v) is 6.56. The lowest BCUT2D eigenvalue weighted by atomic mass is 10.1. The van der Waals surface area contributed by atoms with Gasteiger partial charge < -0.3 is 14.7 Å². The van der Waals surface area contributed by atoms with E-state index in [1.54, 1.807) is 0 Å². The molecule has 0 aromatic carbocycles. The second kappa shape index (κ2) is 6.71. The van der Waals surface area contributed by atoms with E-state index >= 15 is 0 Å². The molecule has 2 rings (SSSR count). The highest BCUT2D eigenvalue weighted by Gasteiger charge is 2.21. The van der Waals surface area contributed by atoms with Gasteiger partial charge in [-0.25, -0.2) is 0 Å². The molecule has 1 aromatic rings. The average Bonchev–Trinajstić information content (AvgIpc) is 2.98. The Hall–Kier alpha value is -0.940. The summed E-state index contributed by atoms with van der Waals surface area (Å²) in [4.78, 5) is 6.53. The molecular formula is C12H22N4O. The van der Waals surface area contributed by atoms with Crippen LogP contribution in [0.1, 0.15) is 25.6 Å². The Balaban J connectivity index is 1.61. The lowest BCUT2D eigenvalue weighted by Crippen LogP contribution is -2.28. The van der Waals surface area contributed by atoms with Gasteiger partial charge in [-0.05, 0) is 38.4 Å². The van der Waals surface area contributed by atoms with Crippen LogP contribution in [-0.4, -0.2) is 47.8 Å². The zero-order valence-corrected chi connectivity index (χ0v) is 10.6. The van der Waals surface area contributed by atoms with Crippen LogP contribution in [0.4, 0.5) is 0 Å². The summed E-state index contributed by atoms with van der Waals surface area (Å²) in [5, 5.41) is 7.33. The second-order valence-electron chi connectivity index (χ2n) is 4.76. The minimum atomic E-state index is 0.812. The van der Waals surface area contributed by atoms with Crippen LogP contribution < -0.4 is 5.32 Å². The molecule has 1 atom stereocenters. The zero-order chi connectivity index (χ0) is 11.9. The number of nitrogens with one attached hydrogen (secondary N) is 1. The molecule has 1 fully saturated rings. The molecule has 5 nitrogen and oxygen atoms in total. The number of hydrogen-bond donors (Lipinski definition) is 1. The van der Waals surface area contributed by atoms with E-state index in [0.717, 1.165) is 37.8 Å². The van der Waals surface area contributed by atoms with Crippen molar-refractivity contribution in [2.75, 3.05) is 32.7 Å². The standard InChI is InChI=1S/C12H22N4O/c1-2-5-13-8-11-3-6-16(9-11)7-4-12-14-10-17-15-12/h10-11,13H,2-9H2,1H3. The van der Waals surface area contributed by atoms with Crippen LogP contribution in [0.25, 0.3) is 0 Å². The predicted molar refractivity (Wildman–Crippen MR) is 65.7 cm³/mol. The van der Waals surface area contributed by atoms with Gasteiger partial charge in [0.05, 0.1) is 0 Å². The van der Waals surface area contributed by atoms with Crippen molar-refractivity contribution in [3.8, 4) is 0 Å². The van der Waals surface area contributed by atoms with Crippen LogP contribution in [0.3, 0.4) is 0 Å². The van der Waals surface area contributed by atoms with Gasteiger partial charge in [0, 0.05) is 19.5 Å². The Labute approximate surface area is 103 Å². The summed E-state index contributed by atoms with van der Waals surface area (Å²) in [5.41, 5.74) is 0. The van der Waals surface area contributed by atoms with Crippen molar-refractivity contribution in [3.05, 3.63) is 12.2 Å². The Morgan fingerprint density at radius 1 is 1.59 bits per heavy atom. The van der Waals surface area contributed by atoms with Crippen molar-refractivity contribution in [3.63, 3.8) is 0 Å². The van der Waals surface area contributed by atoms with Crippen molar-refractivity contribution in [2.24, 2.45) is 5.92 Å². The van der Waals surface area contributed by atoms with Gasteiger partial charge in [-0.3, -0.25) is 0 Å².